The van der Waals surface area contributed by atoms with E-state index in [4.69, 9.17) is 17.3 Å². The quantitative estimate of drug-likeness (QED) is 0.742. The molecule has 1 aromatic carbocycles. The van der Waals surface area contributed by atoms with Crippen LogP contribution in [0.4, 0.5) is 5.69 Å². The Balaban J connectivity index is 0.00000220. The molecule has 0 bridgehead atoms. The Kier molecular flexibility index (Phi) is 9.91. The van der Waals surface area contributed by atoms with E-state index in [1.807, 2.05) is 0 Å². The minimum Gasteiger partial charge on any atom is -0.399 e. The van der Waals surface area contributed by atoms with Crippen LogP contribution in [0.25, 0.3) is 0 Å². The van der Waals surface area contributed by atoms with E-state index in [-0.39, 0.29) is 20.8 Å². The van der Waals surface area contributed by atoms with Crippen LogP contribution in [0.3, 0.4) is 0 Å². The second kappa shape index (κ2) is 10.5. The van der Waals surface area contributed by atoms with Crippen LogP contribution in [0, 0.1) is 5.92 Å². The molecule has 1 fully saturated rings. The van der Waals surface area contributed by atoms with Gasteiger partial charge >= 0.3 is 0 Å². The molecule has 0 atom stereocenters. The van der Waals surface area contributed by atoms with Crippen LogP contribution in [0.15, 0.2) is 18.2 Å². The molecule has 1 saturated carbocycles. The summed E-state index contributed by atoms with van der Waals surface area (Å²) in [6.45, 7) is 0.740. The summed E-state index contributed by atoms with van der Waals surface area (Å²) in [4.78, 5) is 12.2. The number of carbonyl (C=O) groups is 1. The Morgan fingerprint density at radius 1 is 1.14 bits per heavy atom. The third kappa shape index (κ3) is 6.27. The summed E-state index contributed by atoms with van der Waals surface area (Å²) >= 11 is 6.04. The number of halogens is 1. The Morgan fingerprint density at radius 2 is 1.73 bits per heavy atom. The van der Waals surface area contributed by atoms with E-state index in [1.165, 1.54) is 44.9 Å². The molecule has 1 amide bonds. The molecule has 1 aromatic rings. The molecule has 3 N–H and O–H groups in total. The maximum Gasteiger partial charge on any atom is 0.252 e. The predicted octanol–water partition coefficient (Wildman–Crippen LogP) is 5.28. The third-order valence-electron chi connectivity index (χ3n) is 4.01. The van der Waals surface area contributed by atoms with Crippen LogP contribution in [0.1, 0.15) is 70.2 Å². The molecule has 0 heterocycles. The van der Waals surface area contributed by atoms with Crippen LogP contribution >= 0.6 is 11.6 Å². The normalized spacial score (nSPS) is 15.7. The fraction of sp³-hybridized carbons (Fsp3) is 0.611. The van der Waals surface area contributed by atoms with Gasteiger partial charge in [-0.15, -0.1) is 0 Å². The first-order valence-electron chi connectivity index (χ1n) is 7.50. The van der Waals surface area contributed by atoms with Crippen molar-refractivity contribution < 1.29 is 4.79 Å². The second-order valence-corrected chi connectivity index (χ2v) is 6.07. The minimum atomic E-state index is -0.121. The van der Waals surface area contributed by atoms with Crippen molar-refractivity contribution in [2.75, 3.05) is 12.3 Å². The van der Waals surface area contributed by atoms with Crippen molar-refractivity contribution in [3.63, 3.8) is 0 Å². The van der Waals surface area contributed by atoms with Crippen LogP contribution in [-0.4, -0.2) is 12.5 Å². The Labute approximate surface area is 140 Å². The molecule has 126 valence electrons. The summed E-state index contributed by atoms with van der Waals surface area (Å²) < 4.78 is 0. The summed E-state index contributed by atoms with van der Waals surface area (Å²) in [5.41, 5.74) is 6.73. The number of nitrogens with one attached hydrogen (secondary N) is 1. The van der Waals surface area contributed by atoms with Crippen molar-refractivity contribution in [2.24, 2.45) is 5.92 Å². The number of hydrogen-bond acceptors (Lipinski definition) is 2. The molecule has 0 saturated heterocycles. The van der Waals surface area contributed by atoms with Gasteiger partial charge in [-0.25, -0.2) is 0 Å². The largest absolute Gasteiger partial charge is 0.399 e. The fourth-order valence-electron chi connectivity index (χ4n) is 2.79. The van der Waals surface area contributed by atoms with Gasteiger partial charge in [0.25, 0.3) is 5.91 Å². The fourth-order valence-corrected chi connectivity index (χ4v) is 3.00. The molecular formula is C18H31ClN2O. The highest BCUT2D eigenvalue weighted by molar-refractivity contribution is 6.34. The first-order chi connectivity index (χ1) is 9.66. The Morgan fingerprint density at radius 3 is 2.36 bits per heavy atom. The Bertz CT molecular complexity index is 454. The lowest BCUT2D eigenvalue weighted by Gasteiger charge is -2.20. The minimum absolute atomic E-state index is 0. The maximum atomic E-state index is 12.2. The number of benzene rings is 1. The van der Waals surface area contributed by atoms with Gasteiger partial charge in [0.1, 0.15) is 0 Å². The van der Waals surface area contributed by atoms with Gasteiger partial charge < -0.3 is 11.1 Å². The van der Waals surface area contributed by atoms with Gasteiger partial charge in [0.15, 0.2) is 0 Å². The molecule has 0 radical (unpaired) electrons. The molecule has 1 aliphatic rings. The van der Waals surface area contributed by atoms with Gasteiger partial charge in [-0.2, -0.15) is 0 Å². The van der Waals surface area contributed by atoms with E-state index in [0.717, 1.165) is 6.54 Å². The lowest BCUT2D eigenvalue weighted by Crippen LogP contribution is -2.30. The lowest BCUT2D eigenvalue weighted by molar-refractivity contribution is 0.0945. The second-order valence-electron chi connectivity index (χ2n) is 5.66. The molecule has 3 nitrogen and oxygen atoms in total. The van der Waals surface area contributed by atoms with Crippen molar-refractivity contribution in [2.45, 2.75) is 59.8 Å². The highest BCUT2D eigenvalue weighted by Gasteiger charge is 2.15. The zero-order valence-corrected chi connectivity index (χ0v) is 12.6. The van der Waals surface area contributed by atoms with Gasteiger partial charge in [0.05, 0.1) is 10.6 Å². The summed E-state index contributed by atoms with van der Waals surface area (Å²) in [6, 6.07) is 5.01. The van der Waals surface area contributed by atoms with Crippen LogP contribution < -0.4 is 11.1 Å². The molecule has 22 heavy (non-hydrogen) atoms. The van der Waals surface area contributed by atoms with Crippen LogP contribution in [0.5, 0.6) is 0 Å². The van der Waals surface area contributed by atoms with E-state index < -0.39 is 0 Å². The average molecular weight is 327 g/mol. The van der Waals surface area contributed by atoms with Crippen molar-refractivity contribution in [3.8, 4) is 0 Å². The summed E-state index contributed by atoms with van der Waals surface area (Å²) in [5.74, 6) is 0.475. The van der Waals surface area contributed by atoms with E-state index in [2.05, 4.69) is 5.32 Å². The van der Waals surface area contributed by atoms with Gasteiger partial charge in [-0.3, -0.25) is 4.79 Å². The summed E-state index contributed by atoms with van der Waals surface area (Å²) in [6.07, 6.45) is 8.99. The number of anilines is 1. The molecule has 0 unspecified atom stereocenters. The number of hydrogen-bond donors (Lipinski definition) is 2. The molecule has 1 aliphatic carbocycles. The van der Waals surface area contributed by atoms with Gasteiger partial charge in [0, 0.05) is 12.2 Å². The highest BCUT2D eigenvalue weighted by Crippen LogP contribution is 2.22. The molecule has 0 aromatic heterocycles. The van der Waals surface area contributed by atoms with Crippen LogP contribution in [0.2, 0.25) is 5.02 Å². The molecule has 0 aliphatic heterocycles. The lowest BCUT2D eigenvalue weighted by atomic mass is 9.91. The van der Waals surface area contributed by atoms with Crippen molar-refractivity contribution in [1.29, 1.82) is 0 Å². The molecular weight excluding hydrogens is 296 g/mol. The first kappa shape index (κ1) is 20.8. The van der Waals surface area contributed by atoms with E-state index in [9.17, 15) is 4.79 Å². The Hall–Kier alpha value is -1.22. The van der Waals surface area contributed by atoms with Gasteiger partial charge in [0.2, 0.25) is 0 Å². The number of carbonyl (C=O) groups excluding carboxylic acids is 1. The van der Waals surface area contributed by atoms with Crippen molar-refractivity contribution in [3.05, 3.63) is 28.8 Å². The smallest absolute Gasteiger partial charge is 0.252 e. The van der Waals surface area contributed by atoms with Gasteiger partial charge in [-0.1, -0.05) is 58.6 Å². The van der Waals surface area contributed by atoms with Crippen molar-refractivity contribution in [1.82, 2.24) is 5.32 Å². The average Bonchev–Trinajstić information content (AvgIpc) is 2.40. The topological polar surface area (TPSA) is 55.1 Å². The maximum absolute atomic E-state index is 12.2. The van der Waals surface area contributed by atoms with E-state index in [1.54, 1.807) is 18.2 Å². The SMILES string of the molecule is C.C.Nc1ccc(Cl)c(C(=O)NCC2CCCCCCC2)c1. The molecule has 4 heteroatoms. The van der Waals surface area contributed by atoms with Crippen molar-refractivity contribution >= 4 is 23.2 Å². The predicted molar refractivity (Wildman–Crippen MR) is 97.5 cm³/mol. The van der Waals surface area contributed by atoms with E-state index >= 15 is 0 Å². The van der Waals surface area contributed by atoms with E-state index in [0.29, 0.717) is 22.2 Å². The zero-order chi connectivity index (χ0) is 14.4. The van der Waals surface area contributed by atoms with Gasteiger partial charge in [-0.05, 0) is 37.0 Å². The van der Waals surface area contributed by atoms with Crippen LogP contribution in [-0.2, 0) is 0 Å². The number of rotatable bonds is 3. The number of nitrogen functional groups attached to an aromatic ring is 1. The number of nitrogens with two attached hydrogens (primary N) is 1. The summed E-state index contributed by atoms with van der Waals surface area (Å²) in [5, 5.41) is 3.46. The molecule has 2 rings (SSSR count). The summed E-state index contributed by atoms with van der Waals surface area (Å²) in [7, 11) is 0. The zero-order valence-electron chi connectivity index (χ0n) is 11.8. The third-order valence-corrected chi connectivity index (χ3v) is 4.34. The molecule has 0 spiro atoms. The standard InChI is InChI=1S/C16H23ClN2O.2CH4/c17-15-9-8-13(18)10-14(15)16(20)19-11-12-6-4-2-1-3-5-7-12;;/h8-10,12H,1-7,11,18H2,(H,19,20);2*1H4. The highest BCUT2D eigenvalue weighted by atomic mass is 35.5. The number of amides is 1. The first-order valence-corrected chi connectivity index (χ1v) is 7.88. The monoisotopic (exact) mass is 326 g/mol.